The molecule has 0 fully saturated rings. The number of carboxylic acids is 2. The number of carboxylic acid groups (broad SMARTS) is 2. The molecular formula is C38H44Cl2N4O10. The average molecular weight is 788 g/mol. The third-order valence-corrected chi connectivity index (χ3v) is 9.72. The van der Waals surface area contributed by atoms with Crippen molar-refractivity contribution in [1.82, 2.24) is 20.6 Å². The summed E-state index contributed by atoms with van der Waals surface area (Å²) in [5.41, 5.74) is 3.50. The van der Waals surface area contributed by atoms with Crippen LogP contribution in [0, 0.1) is 13.8 Å². The van der Waals surface area contributed by atoms with Crippen LogP contribution < -0.4 is 29.6 Å². The van der Waals surface area contributed by atoms with Crippen molar-refractivity contribution < 1.29 is 49.0 Å². The molecule has 0 aliphatic carbocycles. The lowest BCUT2D eigenvalue weighted by Gasteiger charge is -2.24. The van der Waals surface area contributed by atoms with Gasteiger partial charge in [0, 0.05) is 24.2 Å². The van der Waals surface area contributed by atoms with Crippen LogP contribution in [0.1, 0.15) is 47.2 Å². The fourth-order valence-corrected chi connectivity index (χ4v) is 5.79. The summed E-state index contributed by atoms with van der Waals surface area (Å²) in [6.07, 6.45) is 0. The predicted octanol–water partition coefficient (Wildman–Crippen LogP) is 5.09. The van der Waals surface area contributed by atoms with Crippen molar-refractivity contribution in [2.75, 3.05) is 27.4 Å². The van der Waals surface area contributed by atoms with Gasteiger partial charge in [-0.25, -0.2) is 0 Å². The van der Waals surface area contributed by atoms with Gasteiger partial charge in [-0.2, -0.15) is 9.97 Å². The third kappa shape index (κ3) is 9.50. The monoisotopic (exact) mass is 786 g/mol. The van der Waals surface area contributed by atoms with Crippen LogP contribution in [0.2, 0.25) is 10.0 Å². The molecule has 0 saturated heterocycles. The molecule has 2 aromatic heterocycles. The summed E-state index contributed by atoms with van der Waals surface area (Å²) in [6, 6.07) is 14.9. The van der Waals surface area contributed by atoms with E-state index >= 15 is 0 Å². The molecule has 0 bridgehead atoms. The van der Waals surface area contributed by atoms with Gasteiger partial charge >= 0.3 is 11.9 Å². The highest BCUT2D eigenvalue weighted by molar-refractivity contribution is 6.32. The largest absolute Gasteiger partial charge is 0.481 e. The number of ether oxygens (including phenoxy) is 4. The quantitative estimate of drug-likeness (QED) is 0.0734. The van der Waals surface area contributed by atoms with Crippen LogP contribution in [-0.2, 0) is 35.9 Å². The second-order valence-electron chi connectivity index (χ2n) is 12.9. The Morgan fingerprint density at radius 1 is 0.667 bits per heavy atom. The van der Waals surface area contributed by atoms with Gasteiger partial charge in [0.2, 0.25) is 23.5 Å². The zero-order valence-corrected chi connectivity index (χ0v) is 32.3. The van der Waals surface area contributed by atoms with E-state index in [-0.39, 0.29) is 59.9 Å². The molecule has 0 amide bonds. The van der Waals surface area contributed by atoms with Crippen LogP contribution in [0.4, 0.5) is 0 Å². The first kappa shape index (κ1) is 42.0. The summed E-state index contributed by atoms with van der Waals surface area (Å²) in [5, 5.41) is 44.0. The van der Waals surface area contributed by atoms with E-state index in [0.29, 0.717) is 11.1 Å². The van der Waals surface area contributed by atoms with Crippen LogP contribution >= 0.6 is 23.2 Å². The first-order valence-electron chi connectivity index (χ1n) is 16.7. The molecule has 4 rings (SSSR count). The molecule has 16 heteroatoms. The molecule has 0 spiro atoms. The van der Waals surface area contributed by atoms with Crippen molar-refractivity contribution in [3.8, 4) is 34.6 Å². The summed E-state index contributed by atoms with van der Waals surface area (Å²) < 4.78 is 23.0. The number of nitrogens with zero attached hydrogens (tertiary/aromatic N) is 2. The molecule has 6 N–H and O–H groups in total. The average Bonchev–Trinajstić information content (AvgIpc) is 3.15. The van der Waals surface area contributed by atoms with Crippen molar-refractivity contribution in [3.63, 3.8) is 0 Å². The van der Waals surface area contributed by atoms with E-state index in [0.717, 1.165) is 33.4 Å². The summed E-state index contributed by atoms with van der Waals surface area (Å²) >= 11 is 13.1. The number of aliphatic carboxylic acids is 2. The van der Waals surface area contributed by atoms with Gasteiger partial charge in [-0.15, -0.1) is 0 Å². The standard InChI is InChI=1S/C38H44Cl2N4O10/c1-21-23(17-53-33-29(39)13-25(31(43-33)51-5)15-41-37(3,19-45)35(47)48)9-7-11-27(21)28-12-8-10-24(22(28)2)18-54-34-30(40)14-26(32(44-34)52-6)16-42-38(4,20-46)36(49)50/h7-14,41-42,45-46H,15-20H2,1-6H3,(H,47,48)(H,49,50)/t37-,38?/m0/s1. The summed E-state index contributed by atoms with van der Waals surface area (Å²) in [7, 11) is 2.86. The Hall–Kier alpha value is -4.70. The molecule has 1 unspecified atom stereocenters. The van der Waals surface area contributed by atoms with Crippen LogP contribution in [0.25, 0.3) is 11.1 Å². The van der Waals surface area contributed by atoms with Gasteiger partial charge in [-0.05, 0) is 73.2 Å². The first-order valence-corrected chi connectivity index (χ1v) is 17.4. The first-order chi connectivity index (χ1) is 25.6. The lowest BCUT2D eigenvalue weighted by molar-refractivity contribution is -0.146. The number of methoxy groups -OCH3 is 2. The van der Waals surface area contributed by atoms with Gasteiger partial charge in [0.25, 0.3) is 0 Å². The van der Waals surface area contributed by atoms with Gasteiger partial charge in [-0.1, -0.05) is 59.6 Å². The SMILES string of the molecule is COc1nc(OCc2cccc(-c3cccc(COc4nc(OC)c(CN[C@@](C)(CO)C(=O)O)cc4Cl)c3C)c2C)c(Cl)cc1CNC(C)(CO)C(=O)O. The topological polar surface area (TPSA) is 202 Å². The van der Waals surface area contributed by atoms with Gasteiger partial charge < -0.3 is 39.4 Å². The number of aromatic nitrogens is 2. The second-order valence-corrected chi connectivity index (χ2v) is 13.8. The van der Waals surface area contributed by atoms with Crippen LogP contribution in [0.3, 0.4) is 0 Å². The summed E-state index contributed by atoms with van der Waals surface area (Å²) in [4.78, 5) is 32.0. The number of pyridine rings is 2. The highest BCUT2D eigenvalue weighted by Crippen LogP contribution is 2.34. The molecule has 0 aliphatic heterocycles. The third-order valence-electron chi connectivity index (χ3n) is 9.18. The van der Waals surface area contributed by atoms with Gasteiger partial charge in [0.05, 0.1) is 27.4 Å². The van der Waals surface area contributed by atoms with E-state index in [1.165, 1.54) is 28.1 Å². The summed E-state index contributed by atoms with van der Waals surface area (Å²) in [6.45, 7) is 5.81. The molecule has 4 aromatic rings. The molecule has 290 valence electrons. The maximum Gasteiger partial charge on any atom is 0.326 e. The number of hydrogen-bond donors (Lipinski definition) is 6. The lowest BCUT2D eigenvalue weighted by atomic mass is 9.92. The van der Waals surface area contributed by atoms with Crippen LogP contribution in [0.5, 0.6) is 23.5 Å². The normalized spacial score (nSPS) is 13.4. The number of aliphatic hydroxyl groups is 2. The Labute approximate surface area is 323 Å². The molecular weight excluding hydrogens is 743 g/mol. The molecule has 0 aliphatic rings. The van der Waals surface area contributed by atoms with Gasteiger partial charge in [0.1, 0.15) is 34.3 Å². The fourth-order valence-electron chi connectivity index (χ4n) is 5.33. The smallest absolute Gasteiger partial charge is 0.326 e. The second kappa shape index (κ2) is 18.1. The van der Waals surface area contributed by atoms with E-state index in [2.05, 4.69) is 20.6 Å². The van der Waals surface area contributed by atoms with E-state index < -0.39 is 36.2 Å². The minimum atomic E-state index is -1.57. The number of rotatable bonds is 19. The highest BCUT2D eigenvalue weighted by Gasteiger charge is 2.33. The summed E-state index contributed by atoms with van der Waals surface area (Å²) in [5.74, 6) is -1.76. The van der Waals surface area contributed by atoms with E-state index in [1.807, 2.05) is 50.2 Å². The van der Waals surface area contributed by atoms with Crippen molar-refractivity contribution in [2.45, 2.75) is 65.1 Å². The number of benzene rings is 2. The van der Waals surface area contributed by atoms with Gasteiger partial charge in [-0.3, -0.25) is 20.2 Å². The predicted molar refractivity (Wildman–Crippen MR) is 202 cm³/mol. The fraction of sp³-hybridized carbons (Fsp3) is 0.368. The lowest BCUT2D eigenvalue weighted by Crippen LogP contribution is -2.52. The number of aliphatic hydroxyl groups excluding tert-OH is 2. The van der Waals surface area contributed by atoms with Crippen molar-refractivity contribution >= 4 is 35.1 Å². The van der Waals surface area contributed by atoms with Gasteiger partial charge in [0.15, 0.2) is 0 Å². The zero-order chi connectivity index (χ0) is 39.8. The minimum Gasteiger partial charge on any atom is -0.481 e. The highest BCUT2D eigenvalue weighted by atomic mass is 35.5. The van der Waals surface area contributed by atoms with E-state index in [9.17, 15) is 30.0 Å². The zero-order valence-electron chi connectivity index (χ0n) is 30.8. The molecule has 0 saturated carbocycles. The van der Waals surface area contributed by atoms with E-state index in [1.54, 1.807) is 12.1 Å². The molecule has 2 heterocycles. The number of hydrogen-bond acceptors (Lipinski definition) is 12. The Morgan fingerprint density at radius 2 is 1.04 bits per heavy atom. The Bertz CT molecular complexity index is 1860. The van der Waals surface area contributed by atoms with Crippen LogP contribution in [-0.4, -0.2) is 80.8 Å². The molecule has 14 nitrogen and oxygen atoms in total. The molecule has 54 heavy (non-hydrogen) atoms. The Kier molecular flexibility index (Phi) is 14.1. The molecule has 2 atom stereocenters. The molecule has 2 aromatic carbocycles. The maximum atomic E-state index is 11.6. The Balaban J connectivity index is 1.50. The van der Waals surface area contributed by atoms with Crippen molar-refractivity contribution in [1.29, 1.82) is 0 Å². The van der Waals surface area contributed by atoms with Crippen LogP contribution in [0.15, 0.2) is 48.5 Å². The number of halogens is 2. The van der Waals surface area contributed by atoms with Crippen molar-refractivity contribution in [2.24, 2.45) is 0 Å². The minimum absolute atomic E-state index is 0.0216. The maximum absolute atomic E-state index is 11.6. The van der Waals surface area contributed by atoms with E-state index in [4.69, 9.17) is 42.1 Å². The molecule has 0 radical (unpaired) electrons. The van der Waals surface area contributed by atoms with Crippen molar-refractivity contribution in [3.05, 3.63) is 92.0 Å². The Morgan fingerprint density at radius 3 is 1.35 bits per heavy atom. The number of carbonyl (C=O) groups is 2. The number of nitrogens with one attached hydrogen (secondary N) is 2.